The maximum atomic E-state index is 12.7. The number of nitrogens with zero attached hydrogens (tertiary/aromatic N) is 9. The van der Waals surface area contributed by atoms with Crippen LogP contribution in [0.5, 0.6) is 0 Å². The number of carbonyl (C=O) groups is 13. The normalized spacial score (nSPS) is 17.1. The number of amides is 7. The van der Waals surface area contributed by atoms with Crippen LogP contribution in [0.2, 0.25) is 0 Å². The van der Waals surface area contributed by atoms with Gasteiger partial charge in [-0.15, -0.1) is 0 Å². The number of piperazine rings is 2. The molecule has 33 heteroatoms. The van der Waals surface area contributed by atoms with Gasteiger partial charge >= 0.3 is 24.0 Å². The van der Waals surface area contributed by atoms with Crippen molar-refractivity contribution in [1.29, 1.82) is 10.5 Å². The molecule has 3 atom stereocenters. The molecule has 0 saturated carbocycles. The number of carbonyl (C=O) groups excluding carboxylic acids is 13. The number of esters is 3. The van der Waals surface area contributed by atoms with Crippen LogP contribution in [0.15, 0.2) is 91.0 Å². The summed E-state index contributed by atoms with van der Waals surface area (Å²) in [5.74, 6) is -4.14. The Morgan fingerprint density at radius 1 is 0.545 bits per heavy atom. The number of halogens is 1. The van der Waals surface area contributed by atoms with Crippen molar-refractivity contribution in [2.45, 2.75) is 168 Å². The first-order valence-corrected chi connectivity index (χ1v) is 40.9. The lowest BCUT2D eigenvalue weighted by Crippen LogP contribution is -2.52. The van der Waals surface area contributed by atoms with Gasteiger partial charge in [-0.25, -0.2) is 23.6 Å². The second-order valence-corrected chi connectivity index (χ2v) is 31.0. The number of aldehydes is 1. The number of primary amides is 2. The lowest BCUT2D eigenvalue weighted by Gasteiger charge is -2.30. The lowest BCUT2D eigenvalue weighted by molar-refractivity contribution is -0.137. The largest absolute Gasteiger partial charge is 0.465 e. The molecule has 0 unspecified atom stereocenters. The highest BCUT2D eigenvalue weighted by atomic mass is 19.1. The number of hydrogen-bond acceptors (Lipinski definition) is 26. The zero-order valence-corrected chi connectivity index (χ0v) is 70.5. The van der Waals surface area contributed by atoms with Gasteiger partial charge in [-0.1, -0.05) is 0 Å². The summed E-state index contributed by atoms with van der Waals surface area (Å²) in [5.41, 5.74) is 24.1. The van der Waals surface area contributed by atoms with Crippen LogP contribution in [0.25, 0.3) is 0 Å². The Hall–Kier alpha value is -12.2. The Morgan fingerprint density at radius 3 is 1.44 bits per heavy atom. The number of nitrogens with one attached hydrogen (secondary N) is 3. The van der Waals surface area contributed by atoms with Crippen LogP contribution in [0, 0.1) is 28.5 Å². The Bertz CT molecular complexity index is 4590. The van der Waals surface area contributed by atoms with Crippen molar-refractivity contribution in [3.8, 4) is 12.1 Å². The Labute approximate surface area is 705 Å². The predicted molar refractivity (Wildman–Crippen MR) is 451 cm³/mol. The molecule has 9 N–H and O–H groups in total. The molecule has 0 spiro atoms. The molecule has 650 valence electrons. The quantitative estimate of drug-likeness (QED) is 0.0211. The summed E-state index contributed by atoms with van der Waals surface area (Å²) in [6, 6.07) is 27.6. The zero-order valence-electron chi connectivity index (χ0n) is 70.5. The van der Waals surface area contributed by atoms with Crippen molar-refractivity contribution in [2.24, 2.45) is 17.2 Å². The molecule has 8 aliphatic heterocycles. The topological polar surface area (TPSA) is 443 Å². The van der Waals surface area contributed by atoms with E-state index in [0.717, 1.165) is 138 Å². The molecule has 5 aromatic rings. The molecule has 5 aromatic carbocycles. The van der Waals surface area contributed by atoms with Crippen molar-refractivity contribution < 1.29 is 85.7 Å². The summed E-state index contributed by atoms with van der Waals surface area (Å²) in [4.78, 5) is 163. The van der Waals surface area contributed by atoms with Crippen molar-refractivity contribution in [3.63, 3.8) is 0 Å². The van der Waals surface area contributed by atoms with Crippen LogP contribution in [0.4, 0.5) is 31.9 Å². The van der Waals surface area contributed by atoms with E-state index in [0.29, 0.717) is 72.0 Å². The van der Waals surface area contributed by atoms with Gasteiger partial charge in [0.05, 0.1) is 55.2 Å². The number of ketones is 2. The summed E-state index contributed by atoms with van der Waals surface area (Å²) >= 11 is 0. The first-order valence-electron chi connectivity index (χ1n) is 40.9. The van der Waals surface area contributed by atoms with E-state index in [-0.39, 0.29) is 77.3 Å². The molecule has 8 heterocycles. The molecular formula is C88H114FN15O17. The number of Topliss-reactive ketones (excluding diaryl/α,β-unsaturated/α-hetero) is 2. The highest BCUT2D eigenvalue weighted by Gasteiger charge is 2.40. The minimum Gasteiger partial charge on any atom is -0.465 e. The standard InChI is InChI=1S/C19H25N3O3.C17H20N4O3.C14H16N2O2.C14H17NO3.C9H6FNO2.C9H18N2O2.C6H12N2O2/c1-13(23)5-8-17(18(20)24)22-12-14-11-15(6-7-16(14)19(22)25)21-9-3-2-4-10-21;22-15-4-3-14(16(23)19-15)21-10-11-9-12(1-2-13(11)17(21)24)20-7-5-18-6-8-20;1-18-14(17)13-6-5-12(9-11(13)10-15)16-7-3-2-4-8-16;1-18-14(17)13-6-5-12(9-11(13)10-16)15-7-3-2-4-8-15;1-13-9(12)8-3-2-7(10)4-6(8)5-11;1-9(2,3)13-8(12)11-6-4-10-5-7-11;1-4(9)2-3-5(7)6(8)10/h6-7,11,17H,2-5,8-10,12H2,1H3,(H2,20,24);1-2,9,14,18H,3-8,10H2,(H,19,22,23);5-6,9H,2-4,7-8H2,1H3;5-6,9-10H,2-4,7-8H2,1H3;2-4H,1H3;10H,4-7H2,1-3H3;5H,2-3,7H2,1H3,(H2,8,10)/t17-;14-;;;;;5-/m00....0/s1. The average Bonchev–Trinajstić information content (AvgIpc) is 1.62. The molecule has 6 fully saturated rings. The monoisotopic (exact) mass is 1670 g/mol. The fraction of sp³-hybridized carbons (Fsp3) is 0.489. The summed E-state index contributed by atoms with van der Waals surface area (Å²) in [6.07, 6.45) is 13.3. The van der Waals surface area contributed by atoms with Gasteiger partial charge in [-0.2, -0.15) is 10.5 Å². The second kappa shape index (κ2) is 47.6. The van der Waals surface area contributed by atoms with E-state index in [1.54, 1.807) is 40.1 Å². The van der Waals surface area contributed by atoms with Crippen molar-refractivity contribution in [3.05, 3.63) is 152 Å². The summed E-state index contributed by atoms with van der Waals surface area (Å²) < 4.78 is 31.6. The van der Waals surface area contributed by atoms with Crippen molar-refractivity contribution in [2.75, 3.05) is 133 Å². The molecule has 0 aliphatic carbocycles. The first kappa shape index (κ1) is 95.9. The Balaban J connectivity index is 0.000000198. The van der Waals surface area contributed by atoms with Crippen LogP contribution in [0.3, 0.4) is 0 Å². The van der Waals surface area contributed by atoms with Gasteiger partial charge in [0.25, 0.3) is 11.8 Å². The van der Waals surface area contributed by atoms with Crippen LogP contribution in [-0.4, -0.2) is 229 Å². The summed E-state index contributed by atoms with van der Waals surface area (Å²) in [7, 11) is 3.84. The molecule has 0 bridgehead atoms. The minimum atomic E-state index is -0.734. The molecular weight excluding hydrogens is 1560 g/mol. The smallest absolute Gasteiger partial charge is 0.410 e. The van der Waals surface area contributed by atoms with E-state index in [4.69, 9.17) is 32.5 Å². The second-order valence-electron chi connectivity index (χ2n) is 31.0. The van der Waals surface area contributed by atoms with Crippen molar-refractivity contribution >= 4 is 100 Å². The minimum absolute atomic E-state index is 0.0113. The number of piperidine rings is 4. The van der Waals surface area contributed by atoms with Crippen LogP contribution in [0.1, 0.15) is 215 Å². The van der Waals surface area contributed by atoms with Gasteiger partial charge < -0.3 is 90.7 Å². The number of benzene rings is 5. The third kappa shape index (κ3) is 28.8. The number of nitriles is 2. The Kier molecular flexibility index (Phi) is 37.7. The molecule has 7 amide bonds. The fourth-order valence-electron chi connectivity index (χ4n) is 14.5. The maximum Gasteiger partial charge on any atom is 0.410 e. The lowest BCUT2D eigenvalue weighted by atomic mass is 10.0. The molecule has 8 aliphatic rings. The molecule has 0 radical (unpaired) electrons. The first-order chi connectivity index (χ1) is 57.8. The van der Waals surface area contributed by atoms with Crippen LogP contribution in [-0.2, 0) is 60.8 Å². The van der Waals surface area contributed by atoms with Crippen molar-refractivity contribution in [1.82, 2.24) is 30.7 Å². The van der Waals surface area contributed by atoms with Gasteiger partial charge in [-0.3, -0.25) is 38.9 Å². The van der Waals surface area contributed by atoms with Gasteiger partial charge in [0, 0.05) is 163 Å². The van der Waals surface area contributed by atoms with Gasteiger partial charge in [0.15, 0.2) is 6.29 Å². The molecule has 32 nitrogen and oxygen atoms in total. The number of nitrogens with two attached hydrogens (primary N) is 3. The number of imide groups is 1. The van der Waals surface area contributed by atoms with E-state index in [9.17, 15) is 66.7 Å². The number of hydrogen-bond donors (Lipinski definition) is 6. The maximum absolute atomic E-state index is 12.7. The molecule has 121 heavy (non-hydrogen) atoms. The molecule has 6 saturated heterocycles. The van der Waals surface area contributed by atoms with Gasteiger partial charge in [-0.05, 0) is 214 Å². The average molecular weight is 1670 g/mol. The van der Waals surface area contributed by atoms with E-state index >= 15 is 0 Å². The third-order valence-electron chi connectivity index (χ3n) is 21.1. The number of methoxy groups -OCH3 is 3. The fourth-order valence-corrected chi connectivity index (χ4v) is 14.5. The Morgan fingerprint density at radius 2 is 0.975 bits per heavy atom. The SMILES string of the molecule is CC(=O)CC[C@@H](C(N)=O)N1Cc2cc(N3CCCCC3)ccc2C1=O.CC(=O)CC[C@H](N)C(N)=O.CC(C)(C)OC(=O)N1CCNCC1.COC(=O)c1ccc(F)cc1C#N.COC(=O)c1ccc(N2CCCCC2)cc1C#N.COC(=O)c1ccc(N2CCCCC2)cc1C=O.O=C1CC[C@H](N2Cc3cc(N4CCNCC4)ccc3C2=O)C(=O)N1. The molecule has 13 rings (SSSR count). The van der Waals surface area contributed by atoms with Gasteiger partial charge in [0.1, 0.15) is 47.2 Å². The number of ether oxygens (including phenoxy) is 4. The molecule has 0 aromatic heterocycles. The van der Waals surface area contributed by atoms with E-state index in [2.05, 4.69) is 68.0 Å². The van der Waals surface area contributed by atoms with Crippen LogP contribution >= 0.6 is 0 Å². The number of anilines is 4. The van der Waals surface area contributed by atoms with E-state index in [1.165, 1.54) is 104 Å². The van der Waals surface area contributed by atoms with Gasteiger partial charge in [0.2, 0.25) is 23.6 Å². The van der Waals surface area contributed by atoms with E-state index < -0.39 is 53.7 Å². The van der Waals surface area contributed by atoms with Crippen LogP contribution < -0.4 is 52.8 Å². The highest BCUT2D eigenvalue weighted by Crippen LogP contribution is 2.34. The highest BCUT2D eigenvalue weighted by molar-refractivity contribution is 6.06. The van der Waals surface area contributed by atoms with E-state index in [1.807, 2.05) is 57.2 Å². The number of rotatable bonds is 18. The third-order valence-corrected chi connectivity index (χ3v) is 21.1. The zero-order chi connectivity index (χ0) is 88.5. The summed E-state index contributed by atoms with van der Waals surface area (Å²) in [5, 5.41) is 26.5. The predicted octanol–water partition coefficient (Wildman–Crippen LogP) is 7.80. The summed E-state index contributed by atoms with van der Waals surface area (Å²) in [6.45, 7) is 22.5. The number of fused-ring (bicyclic) bond motifs is 2.